The molecule has 24 heavy (non-hydrogen) atoms. The first-order valence-corrected chi connectivity index (χ1v) is 8.68. The zero-order valence-electron chi connectivity index (χ0n) is 15.3. The number of ether oxygens (including phenoxy) is 1. The second-order valence-electron chi connectivity index (χ2n) is 7.05. The lowest BCUT2D eigenvalue weighted by atomic mass is 9.79. The van der Waals surface area contributed by atoms with Crippen LogP contribution in [0, 0.1) is 6.92 Å². The van der Waals surface area contributed by atoms with Gasteiger partial charge in [-0.1, -0.05) is 18.2 Å². The van der Waals surface area contributed by atoms with E-state index in [1.165, 1.54) is 33.3 Å². The van der Waals surface area contributed by atoms with Crippen LogP contribution in [0.1, 0.15) is 45.2 Å². The van der Waals surface area contributed by atoms with Gasteiger partial charge in [0, 0.05) is 18.6 Å². The van der Waals surface area contributed by atoms with Gasteiger partial charge in [0.05, 0.1) is 12.0 Å². The van der Waals surface area contributed by atoms with Crippen molar-refractivity contribution in [3.8, 4) is 0 Å². The Morgan fingerprint density at radius 1 is 1.12 bits per heavy atom. The molecule has 126 valence electrons. The van der Waals surface area contributed by atoms with Gasteiger partial charge in [0.15, 0.2) is 12.3 Å². The monoisotopic (exact) mass is 324 g/mol. The molecule has 0 amide bonds. The maximum absolute atomic E-state index is 11.8. The van der Waals surface area contributed by atoms with Crippen molar-refractivity contribution in [3.05, 3.63) is 41.5 Å². The summed E-state index contributed by atoms with van der Waals surface area (Å²) in [6.45, 7) is 11.8. The Kier molecular flexibility index (Phi) is 4.20. The number of esters is 1. The number of hydrogen-bond donors (Lipinski definition) is 0. The van der Waals surface area contributed by atoms with Gasteiger partial charge in [0.2, 0.25) is 5.69 Å². The molecule has 3 rings (SSSR count). The third-order valence-electron chi connectivity index (χ3n) is 5.33. The van der Waals surface area contributed by atoms with Gasteiger partial charge in [-0.15, -0.1) is 0 Å². The third kappa shape index (κ3) is 2.52. The van der Waals surface area contributed by atoms with E-state index in [1.807, 2.05) is 6.92 Å². The van der Waals surface area contributed by atoms with Crippen molar-refractivity contribution < 1.29 is 14.1 Å². The molecule has 0 radical (unpaired) electrons. The molecule has 1 aliphatic heterocycles. The van der Waals surface area contributed by atoms with Crippen molar-refractivity contribution in [3.63, 3.8) is 0 Å². The Balaban J connectivity index is 2.08. The third-order valence-corrected chi connectivity index (χ3v) is 5.33. The molecule has 2 aromatic rings. The average Bonchev–Trinajstić information content (AvgIpc) is 2.73. The number of carbonyl (C=O) groups excluding carboxylic acids is 1. The molecule has 0 aromatic heterocycles. The molecular weight excluding hydrogens is 298 g/mol. The van der Waals surface area contributed by atoms with E-state index >= 15 is 0 Å². The SMILES string of the molecule is CCOC(=O)CC[N+]1=C(C)C(C)(C)c2c1ccc1c(C)cccc21. The van der Waals surface area contributed by atoms with E-state index in [2.05, 4.69) is 62.6 Å². The van der Waals surface area contributed by atoms with Crippen molar-refractivity contribution in [1.29, 1.82) is 0 Å². The first kappa shape index (κ1) is 16.7. The second kappa shape index (κ2) is 6.04. The van der Waals surface area contributed by atoms with E-state index in [0.717, 1.165) is 0 Å². The molecular formula is C21H26NO2+. The summed E-state index contributed by atoms with van der Waals surface area (Å²) in [7, 11) is 0. The van der Waals surface area contributed by atoms with Crippen molar-refractivity contribution in [2.45, 2.75) is 46.5 Å². The summed E-state index contributed by atoms with van der Waals surface area (Å²) in [5.74, 6) is -0.131. The molecule has 1 aliphatic rings. The highest BCUT2D eigenvalue weighted by Crippen LogP contribution is 2.44. The lowest BCUT2D eigenvalue weighted by molar-refractivity contribution is -0.438. The van der Waals surface area contributed by atoms with Crippen LogP contribution in [0.5, 0.6) is 0 Å². The maximum Gasteiger partial charge on any atom is 0.312 e. The highest BCUT2D eigenvalue weighted by Gasteiger charge is 2.44. The van der Waals surface area contributed by atoms with Crippen LogP contribution in [0.25, 0.3) is 10.8 Å². The number of hydrogen-bond acceptors (Lipinski definition) is 2. The fourth-order valence-electron chi connectivity index (χ4n) is 3.81. The quantitative estimate of drug-likeness (QED) is 0.612. The first-order chi connectivity index (χ1) is 11.4. The Bertz CT molecular complexity index is 846. The zero-order chi connectivity index (χ0) is 17.5. The van der Waals surface area contributed by atoms with E-state index < -0.39 is 0 Å². The second-order valence-corrected chi connectivity index (χ2v) is 7.05. The highest BCUT2D eigenvalue weighted by atomic mass is 16.5. The lowest BCUT2D eigenvalue weighted by Gasteiger charge is -2.17. The molecule has 1 heterocycles. The van der Waals surface area contributed by atoms with Gasteiger partial charge in [-0.25, -0.2) is 0 Å². The normalized spacial score (nSPS) is 15.7. The summed E-state index contributed by atoms with van der Waals surface area (Å²) in [5, 5.41) is 2.62. The van der Waals surface area contributed by atoms with Crippen LogP contribution in [0.4, 0.5) is 5.69 Å². The Morgan fingerprint density at radius 2 is 1.88 bits per heavy atom. The summed E-state index contributed by atoms with van der Waals surface area (Å²) in [6.07, 6.45) is 0.409. The first-order valence-electron chi connectivity index (χ1n) is 8.68. The number of rotatable bonds is 4. The number of fused-ring (bicyclic) bond motifs is 3. The van der Waals surface area contributed by atoms with Crippen molar-refractivity contribution >= 4 is 28.1 Å². The molecule has 3 heteroatoms. The molecule has 0 atom stereocenters. The van der Waals surface area contributed by atoms with Crippen molar-refractivity contribution in [1.82, 2.24) is 0 Å². The van der Waals surface area contributed by atoms with Crippen LogP contribution in [0.2, 0.25) is 0 Å². The molecule has 0 fully saturated rings. The topological polar surface area (TPSA) is 29.3 Å². The van der Waals surface area contributed by atoms with Crippen molar-refractivity contribution in [2.75, 3.05) is 13.2 Å². The van der Waals surface area contributed by atoms with Crippen LogP contribution in [0.15, 0.2) is 30.3 Å². The van der Waals surface area contributed by atoms with Gasteiger partial charge in [-0.2, -0.15) is 4.58 Å². The minimum Gasteiger partial charge on any atom is -0.466 e. The van der Waals surface area contributed by atoms with Crippen LogP contribution in [0.3, 0.4) is 0 Å². The van der Waals surface area contributed by atoms with Gasteiger partial charge in [0.25, 0.3) is 0 Å². The lowest BCUT2D eigenvalue weighted by Crippen LogP contribution is -2.27. The van der Waals surface area contributed by atoms with E-state index in [9.17, 15) is 4.79 Å². The van der Waals surface area contributed by atoms with Crippen LogP contribution >= 0.6 is 0 Å². The summed E-state index contributed by atoms with van der Waals surface area (Å²) in [4.78, 5) is 11.8. The molecule has 2 aromatic carbocycles. The molecule has 0 unspecified atom stereocenters. The number of carbonyl (C=O) groups is 1. The Morgan fingerprint density at radius 3 is 2.58 bits per heavy atom. The Labute approximate surface area is 144 Å². The van der Waals surface area contributed by atoms with Gasteiger partial charge < -0.3 is 4.74 Å². The van der Waals surface area contributed by atoms with Gasteiger partial charge >= 0.3 is 5.97 Å². The van der Waals surface area contributed by atoms with E-state index in [1.54, 1.807) is 0 Å². The predicted octanol–water partition coefficient (Wildman–Crippen LogP) is 4.50. The minimum absolute atomic E-state index is 0.0443. The minimum atomic E-state index is -0.131. The van der Waals surface area contributed by atoms with E-state index in [0.29, 0.717) is 19.6 Å². The van der Waals surface area contributed by atoms with Crippen molar-refractivity contribution in [2.24, 2.45) is 0 Å². The maximum atomic E-state index is 11.8. The molecule has 0 saturated heterocycles. The zero-order valence-corrected chi connectivity index (χ0v) is 15.3. The van der Waals surface area contributed by atoms with Gasteiger partial charge in [0.1, 0.15) is 6.42 Å². The summed E-state index contributed by atoms with van der Waals surface area (Å²) >= 11 is 0. The number of nitrogens with zero attached hydrogens (tertiary/aromatic N) is 1. The van der Waals surface area contributed by atoms with Crippen LogP contribution in [-0.2, 0) is 14.9 Å². The largest absolute Gasteiger partial charge is 0.466 e. The van der Waals surface area contributed by atoms with E-state index in [4.69, 9.17) is 4.74 Å². The average molecular weight is 324 g/mol. The van der Waals surface area contributed by atoms with E-state index in [-0.39, 0.29) is 11.4 Å². The number of aryl methyl sites for hydroxylation is 1. The molecule has 0 saturated carbocycles. The van der Waals surface area contributed by atoms with Crippen LogP contribution in [-0.4, -0.2) is 29.4 Å². The standard InChI is InChI=1S/C21H26NO2/c1-6-24-19(23)12-13-22-15(3)21(4,5)20-17-9-7-8-14(2)16(17)10-11-18(20)22/h7-11H,6,12-13H2,1-5H3/q+1. The number of benzene rings is 2. The highest BCUT2D eigenvalue weighted by molar-refractivity contribution is 6.02. The molecule has 3 nitrogen and oxygen atoms in total. The fraction of sp³-hybridized carbons (Fsp3) is 0.429. The summed E-state index contributed by atoms with van der Waals surface area (Å²) in [6, 6.07) is 10.9. The fourth-order valence-corrected chi connectivity index (χ4v) is 3.81. The molecule has 0 bridgehead atoms. The van der Waals surface area contributed by atoms with Gasteiger partial charge in [-0.05, 0) is 50.1 Å². The smallest absolute Gasteiger partial charge is 0.312 e. The Hall–Kier alpha value is -2.16. The summed E-state index contributed by atoms with van der Waals surface area (Å²) in [5.41, 5.74) is 5.13. The summed E-state index contributed by atoms with van der Waals surface area (Å²) < 4.78 is 7.37. The molecule has 0 aliphatic carbocycles. The molecule has 0 N–H and O–H groups in total. The molecule has 0 spiro atoms. The van der Waals surface area contributed by atoms with Crippen LogP contribution < -0.4 is 0 Å². The van der Waals surface area contributed by atoms with Gasteiger partial charge in [-0.3, -0.25) is 4.79 Å². The predicted molar refractivity (Wildman–Crippen MR) is 98.4 cm³/mol.